The van der Waals surface area contributed by atoms with Crippen LogP contribution in [0, 0.1) is 24.0 Å². The van der Waals surface area contributed by atoms with E-state index in [2.05, 4.69) is 12.8 Å². The zero-order chi connectivity index (χ0) is 12.7. The molecular weight excluding hydrogens is 222 g/mol. The van der Waals surface area contributed by atoms with Crippen molar-refractivity contribution in [1.82, 2.24) is 0 Å². The first-order valence-electron chi connectivity index (χ1n) is 5.77. The second-order valence-electron chi connectivity index (χ2n) is 3.82. The van der Waals surface area contributed by atoms with E-state index < -0.39 is 11.6 Å². The average molecular weight is 238 g/mol. The lowest BCUT2D eigenvalue weighted by atomic mass is 10.2. The van der Waals surface area contributed by atoms with E-state index in [-0.39, 0.29) is 11.3 Å². The Hall–Kier alpha value is -1.56. The predicted molar refractivity (Wildman–Crippen MR) is 63.9 cm³/mol. The summed E-state index contributed by atoms with van der Waals surface area (Å²) in [5.74, 6) is 0.762. The molecule has 0 bridgehead atoms. The lowest BCUT2D eigenvalue weighted by molar-refractivity contribution is 0.289. The van der Waals surface area contributed by atoms with Gasteiger partial charge in [-0.15, -0.1) is 6.42 Å². The third-order valence-corrected chi connectivity index (χ3v) is 2.43. The molecule has 1 rings (SSSR count). The van der Waals surface area contributed by atoms with Crippen LogP contribution in [-0.4, -0.2) is 6.61 Å². The molecule has 0 aliphatic carbocycles. The quantitative estimate of drug-likeness (QED) is 0.539. The van der Waals surface area contributed by atoms with Crippen molar-refractivity contribution in [2.75, 3.05) is 6.61 Å². The van der Waals surface area contributed by atoms with Crippen molar-refractivity contribution >= 4 is 0 Å². The Labute approximate surface area is 101 Å². The van der Waals surface area contributed by atoms with Gasteiger partial charge in [-0.3, -0.25) is 0 Å². The molecule has 0 saturated heterocycles. The first-order valence-corrected chi connectivity index (χ1v) is 5.77. The Morgan fingerprint density at radius 3 is 2.59 bits per heavy atom. The van der Waals surface area contributed by atoms with Crippen molar-refractivity contribution in [3.05, 3.63) is 29.3 Å². The first-order chi connectivity index (χ1) is 8.19. The highest BCUT2D eigenvalue weighted by Gasteiger charge is 2.09. The summed E-state index contributed by atoms with van der Waals surface area (Å²) in [7, 11) is 0. The number of halogens is 2. The SMILES string of the molecule is C#Cc1cc(F)c(OCCCCCC)cc1F. The van der Waals surface area contributed by atoms with Crippen LogP contribution in [-0.2, 0) is 0 Å². The van der Waals surface area contributed by atoms with Gasteiger partial charge in [0.1, 0.15) is 5.82 Å². The van der Waals surface area contributed by atoms with Gasteiger partial charge < -0.3 is 4.74 Å². The number of hydrogen-bond donors (Lipinski definition) is 0. The van der Waals surface area contributed by atoms with E-state index in [1.807, 2.05) is 0 Å². The molecule has 0 aromatic heterocycles. The van der Waals surface area contributed by atoms with Crippen molar-refractivity contribution in [3.63, 3.8) is 0 Å². The summed E-state index contributed by atoms with van der Waals surface area (Å²) >= 11 is 0. The Bertz CT molecular complexity index is 407. The van der Waals surface area contributed by atoms with Gasteiger partial charge in [0, 0.05) is 6.07 Å². The number of rotatable bonds is 6. The Kier molecular flexibility index (Phi) is 5.48. The molecule has 0 unspecified atom stereocenters. The molecule has 0 aliphatic heterocycles. The van der Waals surface area contributed by atoms with Crippen LogP contribution >= 0.6 is 0 Å². The van der Waals surface area contributed by atoms with E-state index in [1.165, 1.54) is 0 Å². The van der Waals surface area contributed by atoms with Gasteiger partial charge in [-0.25, -0.2) is 8.78 Å². The topological polar surface area (TPSA) is 9.23 Å². The molecule has 0 saturated carbocycles. The molecule has 0 N–H and O–H groups in total. The fourth-order valence-electron chi connectivity index (χ4n) is 1.46. The Morgan fingerprint density at radius 1 is 1.18 bits per heavy atom. The van der Waals surface area contributed by atoms with Gasteiger partial charge in [-0.05, 0) is 12.5 Å². The highest BCUT2D eigenvalue weighted by atomic mass is 19.1. The third-order valence-electron chi connectivity index (χ3n) is 2.43. The summed E-state index contributed by atoms with van der Waals surface area (Å²) < 4.78 is 31.9. The summed E-state index contributed by atoms with van der Waals surface area (Å²) in [6.07, 6.45) is 9.14. The maximum atomic E-state index is 13.4. The number of unbranched alkanes of at least 4 members (excludes halogenated alkanes) is 3. The van der Waals surface area contributed by atoms with Crippen molar-refractivity contribution in [2.24, 2.45) is 0 Å². The molecule has 0 atom stereocenters. The van der Waals surface area contributed by atoms with Crippen LogP contribution in [0.25, 0.3) is 0 Å². The van der Waals surface area contributed by atoms with Gasteiger partial charge in [0.25, 0.3) is 0 Å². The number of ether oxygens (including phenoxy) is 1. The molecule has 0 aliphatic rings. The van der Waals surface area contributed by atoms with Crippen LogP contribution in [0.15, 0.2) is 12.1 Å². The number of benzene rings is 1. The number of hydrogen-bond acceptors (Lipinski definition) is 1. The lowest BCUT2D eigenvalue weighted by Crippen LogP contribution is -2.00. The third kappa shape index (κ3) is 4.07. The minimum absolute atomic E-state index is 0.0713. The van der Waals surface area contributed by atoms with Crippen LogP contribution in [0.4, 0.5) is 8.78 Å². The normalized spacial score (nSPS) is 10.0. The lowest BCUT2D eigenvalue weighted by Gasteiger charge is -2.07. The summed E-state index contributed by atoms with van der Waals surface area (Å²) in [6.45, 7) is 2.50. The summed E-state index contributed by atoms with van der Waals surface area (Å²) in [5.41, 5.74) is -0.0826. The van der Waals surface area contributed by atoms with Gasteiger partial charge in [0.15, 0.2) is 11.6 Å². The second-order valence-corrected chi connectivity index (χ2v) is 3.82. The highest BCUT2D eigenvalue weighted by Crippen LogP contribution is 2.21. The molecule has 0 radical (unpaired) electrons. The van der Waals surface area contributed by atoms with Crippen LogP contribution in [0.3, 0.4) is 0 Å². The van der Waals surface area contributed by atoms with Gasteiger partial charge in [-0.1, -0.05) is 32.1 Å². The van der Waals surface area contributed by atoms with Crippen molar-refractivity contribution < 1.29 is 13.5 Å². The van der Waals surface area contributed by atoms with Crippen LogP contribution in [0.5, 0.6) is 5.75 Å². The summed E-state index contributed by atoms with van der Waals surface area (Å²) in [4.78, 5) is 0. The van der Waals surface area contributed by atoms with Crippen LogP contribution in [0.2, 0.25) is 0 Å². The smallest absolute Gasteiger partial charge is 0.166 e. The largest absolute Gasteiger partial charge is 0.490 e. The molecule has 1 aromatic carbocycles. The fourth-order valence-corrected chi connectivity index (χ4v) is 1.46. The molecule has 1 aromatic rings. The maximum Gasteiger partial charge on any atom is 0.166 e. The Morgan fingerprint density at radius 2 is 1.94 bits per heavy atom. The fraction of sp³-hybridized carbons (Fsp3) is 0.429. The predicted octanol–water partition coefficient (Wildman–Crippen LogP) is 3.91. The number of terminal acetylenes is 1. The molecule has 0 amide bonds. The van der Waals surface area contributed by atoms with Crippen molar-refractivity contribution in [1.29, 1.82) is 0 Å². The first kappa shape index (κ1) is 13.5. The molecule has 1 nitrogen and oxygen atoms in total. The minimum Gasteiger partial charge on any atom is -0.490 e. The van der Waals surface area contributed by atoms with Crippen LogP contribution in [0.1, 0.15) is 38.2 Å². The van der Waals surface area contributed by atoms with E-state index in [4.69, 9.17) is 11.2 Å². The van der Waals surface area contributed by atoms with Gasteiger partial charge in [0.2, 0.25) is 0 Å². The van der Waals surface area contributed by atoms with Gasteiger partial charge in [-0.2, -0.15) is 0 Å². The van der Waals surface area contributed by atoms with E-state index >= 15 is 0 Å². The molecule has 0 fully saturated rings. The van der Waals surface area contributed by atoms with Gasteiger partial charge >= 0.3 is 0 Å². The van der Waals surface area contributed by atoms with E-state index in [0.717, 1.165) is 37.8 Å². The van der Waals surface area contributed by atoms with E-state index in [9.17, 15) is 8.78 Å². The monoisotopic (exact) mass is 238 g/mol. The van der Waals surface area contributed by atoms with Crippen LogP contribution < -0.4 is 4.74 Å². The molecule has 92 valence electrons. The summed E-state index contributed by atoms with van der Waals surface area (Å²) in [6, 6.07) is 1.99. The second kappa shape index (κ2) is 6.90. The zero-order valence-corrected chi connectivity index (χ0v) is 9.93. The van der Waals surface area contributed by atoms with E-state index in [1.54, 1.807) is 0 Å². The zero-order valence-electron chi connectivity index (χ0n) is 9.93. The highest BCUT2D eigenvalue weighted by molar-refractivity contribution is 5.39. The van der Waals surface area contributed by atoms with Crippen molar-refractivity contribution in [3.8, 4) is 18.1 Å². The summed E-state index contributed by atoms with van der Waals surface area (Å²) in [5, 5.41) is 0. The molecule has 3 heteroatoms. The molecular formula is C14H16F2O. The average Bonchev–Trinajstić information content (AvgIpc) is 2.32. The van der Waals surface area contributed by atoms with Crippen molar-refractivity contribution in [2.45, 2.75) is 32.6 Å². The minimum atomic E-state index is -0.627. The molecule has 0 spiro atoms. The molecule has 17 heavy (non-hydrogen) atoms. The van der Waals surface area contributed by atoms with Gasteiger partial charge in [0.05, 0.1) is 12.2 Å². The molecule has 0 heterocycles. The standard InChI is InChI=1S/C14H16F2O/c1-3-5-6-7-8-17-14-10-12(15)11(4-2)9-13(14)16/h2,9-10H,3,5-8H2,1H3. The maximum absolute atomic E-state index is 13.4. The Balaban J connectivity index is 2.54. The van der Waals surface area contributed by atoms with E-state index in [0.29, 0.717) is 6.61 Å².